The van der Waals surface area contributed by atoms with Crippen molar-refractivity contribution in [1.29, 1.82) is 0 Å². The average Bonchev–Trinajstić information content (AvgIpc) is 2.28. The standard InChI is InChI=1S/C13H25N3O2/c1-9-8-10(14)4-5-11(9)13(18)15-7-6-12(17)16(2)3/h9-11H,4-8,14H2,1-3H3,(H,15,18). The normalized spacial score (nSPS) is 27.7. The summed E-state index contributed by atoms with van der Waals surface area (Å²) in [6.07, 6.45) is 3.04. The van der Waals surface area contributed by atoms with Gasteiger partial charge < -0.3 is 16.0 Å². The van der Waals surface area contributed by atoms with Crippen molar-refractivity contribution in [3.05, 3.63) is 0 Å². The lowest BCUT2D eigenvalue weighted by molar-refractivity contribution is -0.129. The maximum atomic E-state index is 12.0. The first kappa shape index (κ1) is 15.0. The lowest BCUT2D eigenvalue weighted by Gasteiger charge is -2.31. The van der Waals surface area contributed by atoms with Crippen LogP contribution in [0.2, 0.25) is 0 Å². The molecule has 3 atom stereocenters. The smallest absolute Gasteiger partial charge is 0.223 e. The van der Waals surface area contributed by atoms with Gasteiger partial charge in [0.05, 0.1) is 0 Å². The fourth-order valence-electron chi connectivity index (χ4n) is 2.47. The van der Waals surface area contributed by atoms with Crippen molar-refractivity contribution in [3.63, 3.8) is 0 Å². The van der Waals surface area contributed by atoms with Crippen LogP contribution in [0.15, 0.2) is 0 Å². The van der Waals surface area contributed by atoms with Crippen molar-refractivity contribution in [2.75, 3.05) is 20.6 Å². The highest BCUT2D eigenvalue weighted by molar-refractivity contribution is 5.80. The molecule has 3 unspecified atom stereocenters. The van der Waals surface area contributed by atoms with Crippen molar-refractivity contribution in [2.24, 2.45) is 17.6 Å². The number of nitrogens with zero attached hydrogens (tertiary/aromatic N) is 1. The third-order valence-corrected chi connectivity index (χ3v) is 3.68. The molecule has 5 heteroatoms. The van der Waals surface area contributed by atoms with Crippen molar-refractivity contribution in [3.8, 4) is 0 Å². The Morgan fingerprint density at radius 1 is 1.33 bits per heavy atom. The quantitative estimate of drug-likeness (QED) is 0.761. The van der Waals surface area contributed by atoms with Crippen LogP contribution in [0.5, 0.6) is 0 Å². The second-order valence-electron chi connectivity index (χ2n) is 5.49. The summed E-state index contributed by atoms with van der Waals surface area (Å²) < 4.78 is 0. The van der Waals surface area contributed by atoms with Gasteiger partial charge in [0.2, 0.25) is 11.8 Å². The molecule has 0 radical (unpaired) electrons. The summed E-state index contributed by atoms with van der Waals surface area (Å²) in [6, 6.07) is 0.236. The molecule has 1 saturated carbocycles. The Morgan fingerprint density at radius 2 is 2.00 bits per heavy atom. The minimum absolute atomic E-state index is 0.0361. The zero-order valence-corrected chi connectivity index (χ0v) is 11.6. The molecule has 0 aromatic carbocycles. The molecule has 0 aromatic heterocycles. The Balaban J connectivity index is 2.30. The van der Waals surface area contributed by atoms with Crippen LogP contribution in [0.4, 0.5) is 0 Å². The molecule has 1 aliphatic rings. The molecule has 0 saturated heterocycles. The number of rotatable bonds is 4. The van der Waals surface area contributed by atoms with E-state index in [1.807, 2.05) is 0 Å². The number of carbonyl (C=O) groups excluding carboxylic acids is 2. The fraction of sp³-hybridized carbons (Fsp3) is 0.846. The van der Waals surface area contributed by atoms with Crippen LogP contribution in [0.3, 0.4) is 0 Å². The zero-order valence-electron chi connectivity index (χ0n) is 11.6. The van der Waals surface area contributed by atoms with Crippen LogP contribution in [0, 0.1) is 11.8 Å². The van der Waals surface area contributed by atoms with Crippen molar-refractivity contribution < 1.29 is 9.59 Å². The van der Waals surface area contributed by atoms with Gasteiger partial charge in [0.1, 0.15) is 0 Å². The van der Waals surface area contributed by atoms with E-state index in [4.69, 9.17) is 5.73 Å². The van der Waals surface area contributed by atoms with Gasteiger partial charge in [0.15, 0.2) is 0 Å². The van der Waals surface area contributed by atoms with Gasteiger partial charge in [-0.05, 0) is 25.2 Å². The number of carbonyl (C=O) groups is 2. The number of nitrogens with two attached hydrogens (primary N) is 1. The van der Waals surface area contributed by atoms with Gasteiger partial charge in [-0.25, -0.2) is 0 Å². The summed E-state index contributed by atoms with van der Waals surface area (Å²) >= 11 is 0. The molecule has 104 valence electrons. The van der Waals surface area contributed by atoms with Crippen LogP contribution in [0.1, 0.15) is 32.6 Å². The molecule has 18 heavy (non-hydrogen) atoms. The van der Waals surface area contributed by atoms with E-state index in [2.05, 4.69) is 12.2 Å². The number of nitrogens with one attached hydrogen (secondary N) is 1. The van der Waals surface area contributed by atoms with Gasteiger partial charge >= 0.3 is 0 Å². The number of hydrogen-bond acceptors (Lipinski definition) is 3. The predicted molar refractivity (Wildman–Crippen MR) is 70.8 cm³/mol. The minimum Gasteiger partial charge on any atom is -0.355 e. The molecule has 3 N–H and O–H groups in total. The van der Waals surface area contributed by atoms with E-state index < -0.39 is 0 Å². The predicted octanol–water partition coefficient (Wildman–Crippen LogP) is 0.344. The third-order valence-electron chi connectivity index (χ3n) is 3.68. The van der Waals surface area contributed by atoms with Gasteiger partial charge in [-0.1, -0.05) is 6.92 Å². The van der Waals surface area contributed by atoms with Gasteiger partial charge in [-0.2, -0.15) is 0 Å². The molecule has 0 aromatic rings. The van der Waals surface area contributed by atoms with Gasteiger partial charge in [0.25, 0.3) is 0 Å². The largest absolute Gasteiger partial charge is 0.355 e. The van der Waals surface area contributed by atoms with E-state index in [0.29, 0.717) is 18.9 Å². The zero-order chi connectivity index (χ0) is 13.7. The highest BCUT2D eigenvalue weighted by atomic mass is 16.2. The molecule has 0 spiro atoms. The minimum atomic E-state index is 0.0361. The first-order chi connectivity index (χ1) is 8.41. The van der Waals surface area contributed by atoms with Crippen molar-refractivity contribution in [1.82, 2.24) is 10.2 Å². The number of amides is 2. The highest BCUT2D eigenvalue weighted by Crippen LogP contribution is 2.29. The Kier molecular flexibility index (Phi) is 5.59. The summed E-state index contributed by atoms with van der Waals surface area (Å²) in [4.78, 5) is 24.9. The monoisotopic (exact) mass is 255 g/mol. The van der Waals surface area contributed by atoms with E-state index in [-0.39, 0.29) is 23.8 Å². The summed E-state index contributed by atoms with van der Waals surface area (Å²) in [5, 5.41) is 2.86. The van der Waals surface area contributed by atoms with Crippen LogP contribution < -0.4 is 11.1 Å². The Morgan fingerprint density at radius 3 is 2.56 bits per heavy atom. The van der Waals surface area contributed by atoms with Crippen molar-refractivity contribution in [2.45, 2.75) is 38.6 Å². The average molecular weight is 255 g/mol. The molecule has 1 aliphatic carbocycles. The first-order valence-corrected chi connectivity index (χ1v) is 6.65. The third kappa shape index (κ3) is 4.29. The first-order valence-electron chi connectivity index (χ1n) is 6.65. The van der Waals surface area contributed by atoms with E-state index in [9.17, 15) is 9.59 Å². The second kappa shape index (κ2) is 6.73. The SMILES string of the molecule is CC1CC(N)CCC1C(=O)NCCC(=O)N(C)C. The van der Waals surface area contributed by atoms with Crippen LogP contribution in [-0.2, 0) is 9.59 Å². The van der Waals surface area contributed by atoms with E-state index >= 15 is 0 Å². The molecule has 0 aliphatic heterocycles. The lowest BCUT2D eigenvalue weighted by atomic mass is 9.78. The fourth-order valence-corrected chi connectivity index (χ4v) is 2.47. The molecule has 1 fully saturated rings. The Hall–Kier alpha value is -1.10. The molecule has 0 heterocycles. The van der Waals surface area contributed by atoms with Crippen LogP contribution in [0.25, 0.3) is 0 Å². The molecular weight excluding hydrogens is 230 g/mol. The van der Waals surface area contributed by atoms with Crippen LogP contribution in [-0.4, -0.2) is 43.4 Å². The maximum Gasteiger partial charge on any atom is 0.223 e. The van der Waals surface area contributed by atoms with Gasteiger partial charge in [-0.3, -0.25) is 9.59 Å². The van der Waals surface area contributed by atoms with Crippen LogP contribution >= 0.6 is 0 Å². The molecular formula is C13H25N3O2. The summed E-state index contributed by atoms with van der Waals surface area (Å²) in [6.45, 7) is 2.50. The van der Waals surface area contributed by atoms with Gasteiger partial charge in [0, 0.05) is 39.0 Å². The summed E-state index contributed by atoms with van der Waals surface area (Å²) in [5.74, 6) is 0.493. The number of hydrogen-bond donors (Lipinski definition) is 2. The maximum absolute atomic E-state index is 12.0. The topological polar surface area (TPSA) is 75.4 Å². The summed E-state index contributed by atoms with van der Waals surface area (Å²) in [7, 11) is 3.43. The lowest BCUT2D eigenvalue weighted by Crippen LogP contribution is -2.41. The highest BCUT2D eigenvalue weighted by Gasteiger charge is 2.30. The van der Waals surface area contributed by atoms with Crippen molar-refractivity contribution >= 4 is 11.8 Å². The second-order valence-corrected chi connectivity index (χ2v) is 5.49. The molecule has 5 nitrogen and oxygen atoms in total. The summed E-state index contributed by atoms with van der Waals surface area (Å²) in [5.41, 5.74) is 5.88. The Bertz CT molecular complexity index is 305. The van der Waals surface area contributed by atoms with E-state index in [1.54, 1.807) is 14.1 Å². The van der Waals surface area contributed by atoms with E-state index in [0.717, 1.165) is 19.3 Å². The van der Waals surface area contributed by atoms with Gasteiger partial charge in [-0.15, -0.1) is 0 Å². The molecule has 0 bridgehead atoms. The molecule has 1 rings (SSSR count). The van der Waals surface area contributed by atoms with E-state index in [1.165, 1.54) is 4.90 Å². The Labute approximate surface area is 109 Å². The molecule has 2 amide bonds.